The van der Waals surface area contributed by atoms with Gasteiger partial charge < -0.3 is 5.32 Å². The van der Waals surface area contributed by atoms with Crippen LogP contribution in [0.15, 0.2) is 40.9 Å². The molecule has 2 rings (SSSR count). The molecule has 98 valence electrons. The van der Waals surface area contributed by atoms with Gasteiger partial charge in [0.25, 0.3) is 0 Å². The number of benzene rings is 2. The highest BCUT2D eigenvalue weighted by Crippen LogP contribution is 2.35. The second-order valence-corrected chi connectivity index (χ2v) is 5.19. The van der Waals surface area contributed by atoms with E-state index in [1.807, 2.05) is 25.1 Å². The second kappa shape index (κ2) is 5.59. The standard InChI is InChI=1S/C13H10BrClN2O2/c1-8-9(14)4-2-6-11(8)16-12-7-3-5-10(15)13(12)17(18)19/h2-7,16H,1H3. The number of rotatable bonds is 3. The van der Waals surface area contributed by atoms with E-state index in [2.05, 4.69) is 21.2 Å². The van der Waals surface area contributed by atoms with Gasteiger partial charge in [-0.2, -0.15) is 0 Å². The minimum absolute atomic E-state index is 0.114. The van der Waals surface area contributed by atoms with E-state index in [1.54, 1.807) is 12.1 Å². The Kier molecular flexibility index (Phi) is 4.07. The smallest absolute Gasteiger partial charge is 0.311 e. The Balaban J connectivity index is 2.47. The van der Waals surface area contributed by atoms with Crippen molar-refractivity contribution in [1.82, 2.24) is 0 Å². The summed E-state index contributed by atoms with van der Waals surface area (Å²) in [5.74, 6) is 0. The van der Waals surface area contributed by atoms with Gasteiger partial charge in [0, 0.05) is 10.2 Å². The summed E-state index contributed by atoms with van der Waals surface area (Å²) in [7, 11) is 0. The fourth-order valence-corrected chi connectivity index (χ4v) is 2.30. The number of anilines is 2. The van der Waals surface area contributed by atoms with Crippen molar-refractivity contribution in [3.63, 3.8) is 0 Å². The molecule has 0 aliphatic rings. The fraction of sp³-hybridized carbons (Fsp3) is 0.0769. The second-order valence-electron chi connectivity index (χ2n) is 3.93. The summed E-state index contributed by atoms with van der Waals surface area (Å²) in [5.41, 5.74) is 2.01. The van der Waals surface area contributed by atoms with E-state index in [9.17, 15) is 10.1 Å². The van der Waals surface area contributed by atoms with Crippen LogP contribution in [0.4, 0.5) is 17.1 Å². The number of para-hydroxylation sites is 1. The molecule has 4 nitrogen and oxygen atoms in total. The molecule has 0 aliphatic heterocycles. The molecule has 0 bridgehead atoms. The average Bonchev–Trinajstić information content (AvgIpc) is 2.34. The minimum atomic E-state index is -0.488. The van der Waals surface area contributed by atoms with Crippen molar-refractivity contribution in [2.45, 2.75) is 6.92 Å². The van der Waals surface area contributed by atoms with Crippen molar-refractivity contribution in [1.29, 1.82) is 0 Å². The summed E-state index contributed by atoms with van der Waals surface area (Å²) in [6.45, 7) is 1.92. The fourth-order valence-electron chi connectivity index (χ4n) is 1.69. The van der Waals surface area contributed by atoms with Crippen LogP contribution >= 0.6 is 27.5 Å². The van der Waals surface area contributed by atoms with Crippen molar-refractivity contribution in [2.75, 3.05) is 5.32 Å². The molecule has 0 saturated heterocycles. The molecule has 0 aliphatic carbocycles. The maximum absolute atomic E-state index is 11.1. The highest BCUT2D eigenvalue weighted by atomic mass is 79.9. The van der Waals surface area contributed by atoms with Crippen molar-refractivity contribution in [2.24, 2.45) is 0 Å². The number of halogens is 2. The van der Waals surface area contributed by atoms with Crippen molar-refractivity contribution in [3.8, 4) is 0 Å². The van der Waals surface area contributed by atoms with Gasteiger partial charge in [-0.3, -0.25) is 10.1 Å². The van der Waals surface area contributed by atoms with Gasteiger partial charge in [0.05, 0.1) is 4.92 Å². The first-order valence-corrected chi connectivity index (χ1v) is 6.63. The van der Waals surface area contributed by atoms with Crippen LogP contribution in [-0.4, -0.2) is 4.92 Å². The van der Waals surface area contributed by atoms with Gasteiger partial charge in [-0.15, -0.1) is 0 Å². The number of nitro benzene ring substituents is 1. The molecule has 0 aromatic heterocycles. The SMILES string of the molecule is Cc1c(Br)cccc1Nc1cccc(Cl)c1[N+](=O)[O-]. The highest BCUT2D eigenvalue weighted by molar-refractivity contribution is 9.10. The molecule has 0 amide bonds. The molecular formula is C13H10BrClN2O2. The van der Waals surface area contributed by atoms with E-state index in [4.69, 9.17) is 11.6 Å². The lowest BCUT2D eigenvalue weighted by Gasteiger charge is -2.11. The maximum Gasteiger partial charge on any atom is 0.311 e. The number of nitrogens with zero attached hydrogens (tertiary/aromatic N) is 1. The van der Waals surface area contributed by atoms with Gasteiger partial charge in [-0.25, -0.2) is 0 Å². The molecule has 0 spiro atoms. The third kappa shape index (κ3) is 2.88. The molecule has 0 heterocycles. The van der Waals surface area contributed by atoms with Crippen LogP contribution in [0.5, 0.6) is 0 Å². The van der Waals surface area contributed by atoms with Gasteiger partial charge >= 0.3 is 5.69 Å². The van der Waals surface area contributed by atoms with E-state index in [-0.39, 0.29) is 10.7 Å². The van der Waals surface area contributed by atoms with Crippen LogP contribution in [0.1, 0.15) is 5.56 Å². The number of nitro groups is 1. The topological polar surface area (TPSA) is 55.2 Å². The summed E-state index contributed by atoms with van der Waals surface area (Å²) in [4.78, 5) is 10.6. The zero-order valence-corrected chi connectivity index (χ0v) is 12.3. The van der Waals surface area contributed by atoms with Crippen LogP contribution in [-0.2, 0) is 0 Å². The van der Waals surface area contributed by atoms with Gasteiger partial charge in [-0.1, -0.05) is 39.7 Å². The lowest BCUT2D eigenvalue weighted by Crippen LogP contribution is -1.99. The number of hydrogen-bond acceptors (Lipinski definition) is 3. The first-order chi connectivity index (χ1) is 9.00. The molecule has 0 fully saturated rings. The third-order valence-corrected chi connectivity index (χ3v) is 3.87. The van der Waals surface area contributed by atoms with Crippen molar-refractivity contribution < 1.29 is 4.92 Å². The largest absolute Gasteiger partial charge is 0.350 e. The summed E-state index contributed by atoms with van der Waals surface area (Å²) in [6.07, 6.45) is 0. The third-order valence-electron chi connectivity index (χ3n) is 2.71. The molecule has 0 atom stereocenters. The molecule has 2 aromatic carbocycles. The Labute approximate surface area is 123 Å². The Morgan fingerprint density at radius 3 is 2.53 bits per heavy atom. The molecule has 1 N–H and O–H groups in total. The average molecular weight is 342 g/mol. The highest BCUT2D eigenvalue weighted by Gasteiger charge is 2.18. The van der Waals surface area contributed by atoms with Gasteiger partial charge in [0.2, 0.25) is 0 Å². The predicted octanol–water partition coefficient (Wildman–Crippen LogP) is 5.06. The summed E-state index contributed by atoms with van der Waals surface area (Å²) >= 11 is 9.29. The van der Waals surface area contributed by atoms with E-state index in [0.29, 0.717) is 5.69 Å². The van der Waals surface area contributed by atoms with E-state index in [1.165, 1.54) is 6.07 Å². The summed E-state index contributed by atoms with van der Waals surface area (Å²) < 4.78 is 0.933. The monoisotopic (exact) mass is 340 g/mol. The Hall–Kier alpha value is -1.59. The van der Waals surface area contributed by atoms with Crippen LogP contribution in [0.25, 0.3) is 0 Å². The van der Waals surface area contributed by atoms with Gasteiger partial charge in [-0.05, 0) is 36.8 Å². The molecule has 6 heteroatoms. The Morgan fingerprint density at radius 2 is 1.84 bits per heavy atom. The van der Waals surface area contributed by atoms with E-state index >= 15 is 0 Å². The van der Waals surface area contributed by atoms with Crippen molar-refractivity contribution >= 4 is 44.6 Å². The van der Waals surface area contributed by atoms with Crippen LogP contribution in [0, 0.1) is 17.0 Å². The first kappa shape index (κ1) is 13.8. The zero-order chi connectivity index (χ0) is 14.0. The minimum Gasteiger partial charge on any atom is -0.350 e. The molecule has 0 saturated carbocycles. The molecule has 0 unspecified atom stereocenters. The summed E-state index contributed by atoms with van der Waals surface area (Å²) in [6, 6.07) is 10.4. The van der Waals surface area contributed by atoms with Crippen LogP contribution < -0.4 is 5.32 Å². The van der Waals surface area contributed by atoms with E-state index in [0.717, 1.165) is 15.7 Å². The van der Waals surface area contributed by atoms with E-state index < -0.39 is 4.92 Å². The molecule has 19 heavy (non-hydrogen) atoms. The lowest BCUT2D eigenvalue weighted by molar-refractivity contribution is -0.383. The molecular weight excluding hydrogens is 332 g/mol. The van der Waals surface area contributed by atoms with Crippen LogP contribution in [0.2, 0.25) is 5.02 Å². The zero-order valence-electron chi connectivity index (χ0n) is 9.98. The number of hydrogen-bond donors (Lipinski definition) is 1. The maximum atomic E-state index is 11.1. The first-order valence-electron chi connectivity index (χ1n) is 5.45. The van der Waals surface area contributed by atoms with Gasteiger partial charge in [0.15, 0.2) is 0 Å². The number of nitrogens with one attached hydrogen (secondary N) is 1. The Morgan fingerprint density at radius 1 is 1.21 bits per heavy atom. The quantitative estimate of drug-likeness (QED) is 0.627. The molecule has 2 aromatic rings. The normalized spacial score (nSPS) is 10.3. The summed E-state index contributed by atoms with van der Waals surface area (Å²) in [5, 5.41) is 14.2. The molecule has 0 radical (unpaired) electrons. The van der Waals surface area contributed by atoms with Crippen LogP contribution in [0.3, 0.4) is 0 Å². The predicted molar refractivity (Wildman–Crippen MR) is 80.3 cm³/mol. The van der Waals surface area contributed by atoms with Gasteiger partial charge in [0.1, 0.15) is 10.7 Å². The Bertz CT molecular complexity index is 647. The van der Waals surface area contributed by atoms with Crippen molar-refractivity contribution in [3.05, 3.63) is 61.6 Å². The lowest BCUT2D eigenvalue weighted by atomic mass is 10.2.